The highest BCUT2D eigenvalue weighted by Crippen LogP contribution is 2.65. The second-order valence-corrected chi connectivity index (χ2v) is 8.75. The van der Waals surface area contributed by atoms with E-state index in [1.54, 1.807) is 0 Å². The van der Waals surface area contributed by atoms with E-state index in [0.29, 0.717) is 30.1 Å². The molecule has 22 heavy (non-hydrogen) atoms. The topological polar surface area (TPSA) is 54.4 Å². The first-order chi connectivity index (χ1) is 10.5. The summed E-state index contributed by atoms with van der Waals surface area (Å²) in [4.78, 5) is 25.0. The smallest absolute Gasteiger partial charge is 0.137 e. The maximum atomic E-state index is 12.8. The minimum atomic E-state index is -0.762. The van der Waals surface area contributed by atoms with Gasteiger partial charge in [-0.05, 0) is 61.7 Å². The zero-order chi connectivity index (χ0) is 15.5. The largest absolute Gasteiger partial charge is 0.392 e. The first-order valence-corrected chi connectivity index (χ1v) is 9.20. The number of ketones is 1. The van der Waals surface area contributed by atoms with Crippen LogP contribution in [0.15, 0.2) is 0 Å². The van der Waals surface area contributed by atoms with E-state index in [-0.39, 0.29) is 17.6 Å². The Morgan fingerprint density at radius 2 is 1.91 bits per heavy atom. The average molecular weight is 304 g/mol. The van der Waals surface area contributed by atoms with Gasteiger partial charge in [-0.25, -0.2) is 0 Å². The molecule has 0 aromatic rings. The van der Waals surface area contributed by atoms with Gasteiger partial charge >= 0.3 is 0 Å². The van der Waals surface area contributed by atoms with Gasteiger partial charge < -0.3 is 9.90 Å². The van der Waals surface area contributed by atoms with Crippen molar-refractivity contribution in [2.24, 2.45) is 34.5 Å². The Labute approximate surface area is 132 Å². The molecule has 0 amide bonds. The standard InChI is InChI=1S/C19H28O3/c1-18-8-3-5-13(18)12-10-16(21)15-4-2-6-17(22)19(15,11-20)14(12)7-9-18/h11-15,17,22H,2-10H2,1H3/t12-,13-,14-,15+,17?,18-,19+/m0/s1. The van der Waals surface area contributed by atoms with Crippen LogP contribution >= 0.6 is 0 Å². The minimum absolute atomic E-state index is 0.208. The highest BCUT2D eigenvalue weighted by molar-refractivity contribution is 5.88. The number of rotatable bonds is 1. The molecule has 7 atom stereocenters. The molecule has 3 nitrogen and oxygen atoms in total. The average Bonchev–Trinajstić information content (AvgIpc) is 2.90. The van der Waals surface area contributed by atoms with Crippen LogP contribution in [-0.4, -0.2) is 23.3 Å². The molecule has 4 aliphatic carbocycles. The number of aldehydes is 1. The molecule has 0 saturated heterocycles. The Bertz CT molecular complexity index is 501. The van der Waals surface area contributed by atoms with E-state index in [0.717, 1.165) is 25.5 Å². The van der Waals surface area contributed by atoms with Crippen LogP contribution in [0.25, 0.3) is 0 Å². The van der Waals surface area contributed by atoms with Gasteiger partial charge in [-0.3, -0.25) is 4.79 Å². The van der Waals surface area contributed by atoms with Crippen LogP contribution in [-0.2, 0) is 9.59 Å². The van der Waals surface area contributed by atoms with Crippen LogP contribution in [0, 0.1) is 34.5 Å². The van der Waals surface area contributed by atoms with E-state index in [4.69, 9.17) is 0 Å². The maximum absolute atomic E-state index is 12.8. The predicted octanol–water partition coefficient (Wildman–Crippen LogP) is 3.14. The number of Topliss-reactive ketones (excluding diaryl/α,β-unsaturated/α-hetero) is 1. The zero-order valence-corrected chi connectivity index (χ0v) is 13.6. The summed E-state index contributed by atoms with van der Waals surface area (Å²) in [5.41, 5.74) is -0.389. The van der Waals surface area contributed by atoms with Crippen molar-refractivity contribution in [1.82, 2.24) is 0 Å². The van der Waals surface area contributed by atoms with Crippen LogP contribution in [0.1, 0.15) is 64.7 Å². The molecule has 0 radical (unpaired) electrons. The third kappa shape index (κ3) is 1.72. The molecule has 0 aromatic carbocycles. The van der Waals surface area contributed by atoms with Crippen molar-refractivity contribution >= 4 is 12.1 Å². The number of carbonyl (C=O) groups excluding carboxylic acids is 2. The fraction of sp³-hybridized carbons (Fsp3) is 0.895. The summed E-state index contributed by atoms with van der Waals surface area (Å²) in [6, 6.07) is 0. The fourth-order valence-corrected chi connectivity index (χ4v) is 7.00. The van der Waals surface area contributed by atoms with Gasteiger partial charge in [-0.2, -0.15) is 0 Å². The van der Waals surface area contributed by atoms with E-state index in [1.165, 1.54) is 25.7 Å². The number of hydrogen-bond donors (Lipinski definition) is 1. The van der Waals surface area contributed by atoms with E-state index in [2.05, 4.69) is 6.92 Å². The van der Waals surface area contributed by atoms with Crippen molar-refractivity contribution in [3.05, 3.63) is 0 Å². The summed E-state index contributed by atoms with van der Waals surface area (Å²) >= 11 is 0. The molecule has 0 bridgehead atoms. The number of aliphatic hydroxyl groups is 1. The molecule has 0 aromatic heterocycles. The molecule has 0 aliphatic heterocycles. The predicted molar refractivity (Wildman–Crippen MR) is 83.1 cm³/mol. The number of carbonyl (C=O) groups is 2. The van der Waals surface area contributed by atoms with Crippen molar-refractivity contribution in [1.29, 1.82) is 0 Å². The van der Waals surface area contributed by atoms with E-state index in [1.807, 2.05) is 0 Å². The Kier molecular flexibility index (Phi) is 3.31. The highest BCUT2D eigenvalue weighted by atomic mass is 16.3. The number of fused-ring (bicyclic) bond motifs is 5. The van der Waals surface area contributed by atoms with Crippen molar-refractivity contribution < 1.29 is 14.7 Å². The first kappa shape index (κ1) is 14.9. The van der Waals surface area contributed by atoms with E-state index in [9.17, 15) is 14.7 Å². The summed E-state index contributed by atoms with van der Waals surface area (Å²) in [6.45, 7) is 2.39. The molecular formula is C19H28O3. The summed E-state index contributed by atoms with van der Waals surface area (Å²) in [6.07, 6.45) is 9.38. The molecule has 4 fully saturated rings. The third-order valence-corrected chi connectivity index (χ3v) is 8.04. The van der Waals surface area contributed by atoms with Gasteiger partial charge in [-0.15, -0.1) is 0 Å². The van der Waals surface area contributed by atoms with Gasteiger partial charge in [0, 0.05) is 12.3 Å². The normalized spacial score (nSPS) is 54.3. The van der Waals surface area contributed by atoms with Gasteiger partial charge in [-0.1, -0.05) is 19.8 Å². The van der Waals surface area contributed by atoms with Crippen molar-refractivity contribution in [3.63, 3.8) is 0 Å². The highest BCUT2D eigenvalue weighted by Gasteiger charge is 2.64. The first-order valence-electron chi connectivity index (χ1n) is 9.20. The summed E-state index contributed by atoms with van der Waals surface area (Å²) in [7, 11) is 0. The van der Waals surface area contributed by atoms with Crippen LogP contribution in [0.5, 0.6) is 0 Å². The van der Waals surface area contributed by atoms with Crippen molar-refractivity contribution in [3.8, 4) is 0 Å². The van der Waals surface area contributed by atoms with Crippen molar-refractivity contribution in [2.75, 3.05) is 0 Å². The quantitative estimate of drug-likeness (QED) is 0.757. The molecule has 4 rings (SSSR count). The zero-order valence-electron chi connectivity index (χ0n) is 13.6. The number of aliphatic hydroxyl groups excluding tert-OH is 1. The lowest BCUT2D eigenvalue weighted by Crippen LogP contribution is -2.62. The molecule has 0 heterocycles. The fourth-order valence-electron chi connectivity index (χ4n) is 7.00. The minimum Gasteiger partial charge on any atom is -0.392 e. The van der Waals surface area contributed by atoms with Crippen LogP contribution in [0.2, 0.25) is 0 Å². The summed E-state index contributed by atoms with van der Waals surface area (Å²) < 4.78 is 0. The Hall–Kier alpha value is -0.700. The van der Waals surface area contributed by atoms with Crippen LogP contribution < -0.4 is 0 Å². The summed E-state index contributed by atoms with van der Waals surface area (Å²) in [5.74, 6) is 1.22. The number of hydrogen-bond acceptors (Lipinski definition) is 3. The summed E-state index contributed by atoms with van der Waals surface area (Å²) in [5, 5.41) is 10.7. The van der Waals surface area contributed by atoms with E-state index < -0.39 is 11.5 Å². The molecule has 1 N–H and O–H groups in total. The Morgan fingerprint density at radius 3 is 2.68 bits per heavy atom. The molecule has 3 heteroatoms. The van der Waals surface area contributed by atoms with Crippen molar-refractivity contribution in [2.45, 2.75) is 70.8 Å². The second kappa shape index (κ2) is 4.90. The van der Waals surface area contributed by atoms with E-state index >= 15 is 0 Å². The molecule has 4 aliphatic rings. The van der Waals surface area contributed by atoms with Gasteiger partial charge in [0.05, 0.1) is 11.5 Å². The lowest BCUT2D eigenvalue weighted by molar-refractivity contribution is -0.179. The molecule has 0 spiro atoms. The Morgan fingerprint density at radius 1 is 1.09 bits per heavy atom. The molecule has 4 saturated carbocycles. The Balaban J connectivity index is 1.77. The van der Waals surface area contributed by atoms with Gasteiger partial charge in [0.2, 0.25) is 0 Å². The van der Waals surface area contributed by atoms with Crippen LogP contribution in [0.4, 0.5) is 0 Å². The lowest BCUT2D eigenvalue weighted by atomic mass is 9.44. The maximum Gasteiger partial charge on any atom is 0.137 e. The SMILES string of the molecule is C[C@@]12CCC[C@H]1[C@@H]1CC(=O)[C@H]3CCCC(O)[C@]3(C=O)[C@H]1CC2. The van der Waals surface area contributed by atoms with Gasteiger partial charge in [0.15, 0.2) is 0 Å². The van der Waals surface area contributed by atoms with Gasteiger partial charge in [0.25, 0.3) is 0 Å². The van der Waals surface area contributed by atoms with Gasteiger partial charge in [0.1, 0.15) is 12.1 Å². The lowest BCUT2D eigenvalue weighted by Gasteiger charge is -2.59. The molecule has 1 unspecified atom stereocenters. The molecule has 122 valence electrons. The molecular weight excluding hydrogens is 276 g/mol. The monoisotopic (exact) mass is 304 g/mol. The van der Waals surface area contributed by atoms with Crippen LogP contribution in [0.3, 0.4) is 0 Å². The second-order valence-electron chi connectivity index (χ2n) is 8.75. The third-order valence-electron chi connectivity index (χ3n) is 8.04.